The number of rotatable bonds is 2. The molecule has 0 spiro atoms. The van der Waals surface area contributed by atoms with E-state index < -0.39 is 20.6 Å². The molecule has 1 aliphatic rings. The van der Waals surface area contributed by atoms with E-state index in [4.69, 9.17) is 5.73 Å². The Labute approximate surface area is 106 Å². The lowest BCUT2D eigenvalue weighted by Gasteiger charge is -2.27. The number of sulfone groups is 1. The molecule has 0 amide bonds. The minimum absolute atomic E-state index is 0.486. The van der Waals surface area contributed by atoms with Gasteiger partial charge in [0.05, 0.1) is 16.5 Å². The lowest BCUT2D eigenvalue weighted by atomic mass is 10.00. The Morgan fingerprint density at radius 2 is 2.12 bits per heavy atom. The van der Waals surface area contributed by atoms with Gasteiger partial charge < -0.3 is 5.73 Å². The van der Waals surface area contributed by atoms with E-state index in [-0.39, 0.29) is 0 Å². The van der Waals surface area contributed by atoms with Crippen molar-refractivity contribution in [3.63, 3.8) is 0 Å². The molecule has 0 saturated heterocycles. The standard InChI is InChI=1S/C11H18N2O2S2/c1-7-8(2)16-10(13-7)11(12)6-4-5-9(11)17(3,14)15/h9H,4-6,12H2,1-3H3. The van der Waals surface area contributed by atoms with Crippen LogP contribution in [0.1, 0.15) is 34.8 Å². The van der Waals surface area contributed by atoms with Gasteiger partial charge in [0, 0.05) is 11.1 Å². The number of aryl methyl sites for hydroxylation is 2. The molecule has 0 aromatic carbocycles. The van der Waals surface area contributed by atoms with Crippen LogP contribution < -0.4 is 5.73 Å². The molecule has 1 aromatic rings. The molecule has 0 bridgehead atoms. The lowest BCUT2D eigenvalue weighted by Crippen LogP contribution is -2.47. The summed E-state index contributed by atoms with van der Waals surface area (Å²) in [5.74, 6) is 0. The second-order valence-electron chi connectivity index (χ2n) is 4.91. The van der Waals surface area contributed by atoms with Crippen molar-refractivity contribution in [2.75, 3.05) is 6.26 Å². The minimum Gasteiger partial charge on any atom is -0.318 e. The average Bonchev–Trinajstić information content (AvgIpc) is 2.72. The highest BCUT2D eigenvalue weighted by Crippen LogP contribution is 2.42. The summed E-state index contributed by atoms with van der Waals surface area (Å²) in [4.78, 5) is 5.57. The van der Waals surface area contributed by atoms with E-state index in [9.17, 15) is 8.42 Å². The normalized spacial score (nSPS) is 29.8. The third kappa shape index (κ3) is 2.13. The van der Waals surface area contributed by atoms with Gasteiger partial charge in [-0.25, -0.2) is 13.4 Å². The maximum absolute atomic E-state index is 11.8. The Bertz CT molecular complexity index is 516. The number of nitrogens with zero attached hydrogens (tertiary/aromatic N) is 1. The van der Waals surface area contributed by atoms with E-state index in [1.807, 2.05) is 13.8 Å². The molecule has 0 aliphatic heterocycles. The molecule has 96 valence electrons. The van der Waals surface area contributed by atoms with Crippen LogP contribution in [0.3, 0.4) is 0 Å². The van der Waals surface area contributed by atoms with Crippen LogP contribution in [0, 0.1) is 13.8 Å². The van der Waals surface area contributed by atoms with E-state index in [0.29, 0.717) is 12.8 Å². The summed E-state index contributed by atoms with van der Waals surface area (Å²) < 4.78 is 23.6. The zero-order chi connectivity index (χ0) is 12.8. The third-order valence-corrected chi connectivity index (χ3v) is 6.53. The van der Waals surface area contributed by atoms with Crippen molar-refractivity contribution in [1.82, 2.24) is 4.98 Å². The van der Waals surface area contributed by atoms with Gasteiger partial charge >= 0.3 is 0 Å². The second kappa shape index (κ2) is 4.03. The molecule has 1 fully saturated rings. The van der Waals surface area contributed by atoms with Crippen LogP contribution in [-0.4, -0.2) is 24.9 Å². The van der Waals surface area contributed by atoms with Crippen molar-refractivity contribution in [1.29, 1.82) is 0 Å². The fourth-order valence-corrected chi connectivity index (χ4v) is 5.27. The minimum atomic E-state index is -3.12. The molecular weight excluding hydrogens is 256 g/mol. The van der Waals surface area contributed by atoms with Crippen LogP contribution in [0.15, 0.2) is 0 Å². The summed E-state index contributed by atoms with van der Waals surface area (Å²) in [6.07, 6.45) is 3.48. The van der Waals surface area contributed by atoms with Crippen molar-refractivity contribution in [3.05, 3.63) is 15.6 Å². The van der Waals surface area contributed by atoms with Crippen molar-refractivity contribution in [2.24, 2.45) is 5.73 Å². The van der Waals surface area contributed by atoms with Gasteiger partial charge in [-0.3, -0.25) is 0 Å². The van der Waals surface area contributed by atoms with Crippen LogP contribution in [0.25, 0.3) is 0 Å². The summed E-state index contributed by atoms with van der Waals surface area (Å²) in [6.45, 7) is 3.92. The predicted molar refractivity (Wildman–Crippen MR) is 69.9 cm³/mol. The number of thiazole rings is 1. The Hall–Kier alpha value is -0.460. The van der Waals surface area contributed by atoms with Gasteiger partial charge in [0.25, 0.3) is 0 Å². The third-order valence-electron chi connectivity index (χ3n) is 3.57. The van der Waals surface area contributed by atoms with Crippen LogP contribution in [0.2, 0.25) is 0 Å². The average molecular weight is 274 g/mol. The molecule has 1 aromatic heterocycles. The van der Waals surface area contributed by atoms with E-state index in [1.54, 1.807) is 0 Å². The number of nitrogens with two attached hydrogens (primary N) is 1. The first-order valence-electron chi connectivity index (χ1n) is 5.67. The highest BCUT2D eigenvalue weighted by molar-refractivity contribution is 7.91. The quantitative estimate of drug-likeness (QED) is 0.887. The van der Waals surface area contributed by atoms with Crippen molar-refractivity contribution >= 4 is 21.2 Å². The fourth-order valence-electron chi connectivity index (χ4n) is 2.51. The van der Waals surface area contributed by atoms with Gasteiger partial charge in [-0.05, 0) is 33.1 Å². The first-order valence-corrected chi connectivity index (χ1v) is 8.44. The molecule has 0 radical (unpaired) electrons. The Kier molecular flexibility index (Phi) is 3.08. The van der Waals surface area contributed by atoms with Crippen LogP contribution >= 0.6 is 11.3 Å². The van der Waals surface area contributed by atoms with Crippen molar-refractivity contribution < 1.29 is 8.42 Å². The van der Waals surface area contributed by atoms with Crippen molar-refractivity contribution in [3.8, 4) is 0 Å². The Morgan fingerprint density at radius 3 is 2.59 bits per heavy atom. The van der Waals surface area contributed by atoms with Crippen LogP contribution in [-0.2, 0) is 15.4 Å². The molecule has 1 saturated carbocycles. The van der Waals surface area contributed by atoms with E-state index in [0.717, 1.165) is 22.0 Å². The van der Waals surface area contributed by atoms with E-state index in [2.05, 4.69) is 4.98 Å². The first kappa shape index (κ1) is 13.0. The highest BCUT2D eigenvalue weighted by atomic mass is 32.2. The number of aromatic nitrogens is 1. The van der Waals surface area contributed by atoms with Gasteiger partial charge in [-0.2, -0.15) is 0 Å². The van der Waals surface area contributed by atoms with Gasteiger partial charge in [-0.15, -0.1) is 11.3 Å². The molecule has 2 unspecified atom stereocenters. The molecule has 4 nitrogen and oxygen atoms in total. The maximum Gasteiger partial charge on any atom is 0.152 e. The SMILES string of the molecule is Cc1nc(C2(N)CCCC2S(C)(=O)=O)sc1C. The maximum atomic E-state index is 11.8. The monoisotopic (exact) mass is 274 g/mol. The van der Waals surface area contributed by atoms with Crippen LogP contribution in [0.4, 0.5) is 0 Å². The summed E-state index contributed by atoms with van der Waals surface area (Å²) in [7, 11) is -3.12. The van der Waals surface area contributed by atoms with Crippen molar-refractivity contribution in [2.45, 2.75) is 43.9 Å². The number of hydrogen-bond donors (Lipinski definition) is 1. The smallest absolute Gasteiger partial charge is 0.152 e. The summed E-state index contributed by atoms with van der Waals surface area (Å²) >= 11 is 1.53. The summed E-state index contributed by atoms with van der Waals surface area (Å²) in [5, 5.41) is 0.292. The van der Waals surface area contributed by atoms with E-state index >= 15 is 0 Å². The fraction of sp³-hybridized carbons (Fsp3) is 0.727. The Morgan fingerprint density at radius 1 is 1.47 bits per heavy atom. The Balaban J connectivity index is 2.48. The number of hydrogen-bond acceptors (Lipinski definition) is 5. The molecule has 1 aliphatic carbocycles. The first-order chi connectivity index (χ1) is 7.75. The molecule has 2 atom stereocenters. The topological polar surface area (TPSA) is 73.0 Å². The highest BCUT2D eigenvalue weighted by Gasteiger charge is 2.48. The zero-order valence-corrected chi connectivity index (χ0v) is 12.0. The molecule has 2 rings (SSSR count). The summed E-state index contributed by atoms with van der Waals surface area (Å²) in [6, 6.07) is 0. The zero-order valence-electron chi connectivity index (χ0n) is 10.4. The van der Waals surface area contributed by atoms with Crippen LogP contribution in [0.5, 0.6) is 0 Å². The largest absolute Gasteiger partial charge is 0.318 e. The molecule has 6 heteroatoms. The lowest BCUT2D eigenvalue weighted by molar-refractivity contribution is 0.449. The van der Waals surface area contributed by atoms with Gasteiger partial charge in [0.15, 0.2) is 9.84 Å². The van der Waals surface area contributed by atoms with Gasteiger partial charge in [0.1, 0.15) is 5.01 Å². The molecular formula is C11H18N2O2S2. The summed E-state index contributed by atoms with van der Waals surface area (Å²) in [5.41, 5.74) is 6.53. The second-order valence-corrected chi connectivity index (χ2v) is 8.34. The molecule has 1 heterocycles. The van der Waals surface area contributed by atoms with E-state index in [1.165, 1.54) is 17.6 Å². The van der Waals surface area contributed by atoms with Gasteiger partial charge in [-0.1, -0.05) is 0 Å². The predicted octanol–water partition coefficient (Wildman–Crippen LogP) is 1.51. The van der Waals surface area contributed by atoms with Gasteiger partial charge in [0.2, 0.25) is 0 Å². The molecule has 2 N–H and O–H groups in total. The molecule has 17 heavy (non-hydrogen) atoms.